The Balaban J connectivity index is 1.97. The molecule has 3 atom stereocenters. The number of nitrogens with zero attached hydrogens (tertiary/aromatic N) is 3. The molecule has 118 valence electrons. The summed E-state index contributed by atoms with van der Waals surface area (Å²) in [5, 5.41) is 3.41. The third kappa shape index (κ3) is 4.40. The van der Waals surface area contributed by atoms with Crippen LogP contribution in [0.1, 0.15) is 46.7 Å². The van der Waals surface area contributed by atoms with Gasteiger partial charge in [-0.1, -0.05) is 27.7 Å². The number of hydrogen-bond acceptors (Lipinski definition) is 4. The van der Waals surface area contributed by atoms with Crippen LogP contribution in [0.25, 0.3) is 0 Å². The van der Waals surface area contributed by atoms with E-state index in [1.54, 1.807) is 0 Å². The molecule has 1 aliphatic heterocycles. The zero-order chi connectivity index (χ0) is 15.4. The lowest BCUT2D eigenvalue weighted by atomic mass is 9.86. The van der Waals surface area contributed by atoms with Crippen molar-refractivity contribution in [1.82, 2.24) is 15.3 Å². The van der Waals surface area contributed by atoms with Gasteiger partial charge in [-0.2, -0.15) is 0 Å². The van der Waals surface area contributed by atoms with Gasteiger partial charge in [-0.3, -0.25) is 4.98 Å². The Labute approximate surface area is 129 Å². The quantitative estimate of drug-likeness (QED) is 0.905. The van der Waals surface area contributed by atoms with Crippen molar-refractivity contribution in [3.05, 3.63) is 18.1 Å². The van der Waals surface area contributed by atoms with Crippen LogP contribution in [0.15, 0.2) is 12.4 Å². The Morgan fingerprint density at radius 1 is 1.24 bits per heavy atom. The highest BCUT2D eigenvalue weighted by Gasteiger charge is 2.29. The number of rotatable bonds is 5. The van der Waals surface area contributed by atoms with Crippen molar-refractivity contribution >= 4 is 5.82 Å². The second-order valence-electron chi connectivity index (χ2n) is 7.10. The van der Waals surface area contributed by atoms with Crippen LogP contribution in [-0.4, -0.2) is 29.1 Å². The Bertz CT molecular complexity index is 429. The van der Waals surface area contributed by atoms with Gasteiger partial charge in [0.15, 0.2) is 0 Å². The Morgan fingerprint density at radius 3 is 2.62 bits per heavy atom. The summed E-state index contributed by atoms with van der Waals surface area (Å²) < 4.78 is 0. The van der Waals surface area contributed by atoms with Gasteiger partial charge in [0.1, 0.15) is 5.82 Å². The maximum atomic E-state index is 4.64. The van der Waals surface area contributed by atoms with Crippen LogP contribution in [0.3, 0.4) is 0 Å². The van der Waals surface area contributed by atoms with Crippen LogP contribution in [0.5, 0.6) is 0 Å². The molecule has 0 radical (unpaired) electrons. The van der Waals surface area contributed by atoms with Crippen molar-refractivity contribution in [3.8, 4) is 0 Å². The molecule has 0 spiro atoms. The van der Waals surface area contributed by atoms with Crippen molar-refractivity contribution in [3.63, 3.8) is 0 Å². The molecule has 1 saturated heterocycles. The molecule has 0 bridgehead atoms. The van der Waals surface area contributed by atoms with Gasteiger partial charge in [0.05, 0.1) is 18.1 Å². The van der Waals surface area contributed by atoms with Gasteiger partial charge >= 0.3 is 0 Å². The molecule has 1 fully saturated rings. The van der Waals surface area contributed by atoms with Gasteiger partial charge in [-0.25, -0.2) is 4.98 Å². The molecule has 1 aromatic rings. The SMILES string of the molecule is CC(C)CNCc1cnc(N2CC(C)CC(C)C2C)cn1. The van der Waals surface area contributed by atoms with Crippen LogP contribution in [0, 0.1) is 17.8 Å². The predicted octanol–water partition coefficient (Wildman–Crippen LogP) is 3.09. The van der Waals surface area contributed by atoms with E-state index in [9.17, 15) is 0 Å². The van der Waals surface area contributed by atoms with Crippen molar-refractivity contribution in [1.29, 1.82) is 0 Å². The third-order valence-electron chi connectivity index (χ3n) is 4.44. The second kappa shape index (κ2) is 7.21. The lowest BCUT2D eigenvalue weighted by molar-refractivity contribution is 0.295. The first-order valence-electron chi connectivity index (χ1n) is 8.25. The normalized spacial score (nSPS) is 26.4. The smallest absolute Gasteiger partial charge is 0.147 e. The van der Waals surface area contributed by atoms with Crippen molar-refractivity contribution < 1.29 is 0 Å². The van der Waals surface area contributed by atoms with Crippen LogP contribution in [0.2, 0.25) is 0 Å². The van der Waals surface area contributed by atoms with E-state index >= 15 is 0 Å². The molecular formula is C17H30N4. The summed E-state index contributed by atoms with van der Waals surface area (Å²) >= 11 is 0. The molecule has 0 aliphatic carbocycles. The van der Waals surface area contributed by atoms with E-state index in [1.165, 1.54) is 6.42 Å². The van der Waals surface area contributed by atoms with E-state index in [0.717, 1.165) is 37.1 Å². The van der Waals surface area contributed by atoms with Crippen LogP contribution < -0.4 is 10.2 Å². The molecule has 2 rings (SSSR count). The van der Waals surface area contributed by atoms with Gasteiger partial charge in [0.2, 0.25) is 0 Å². The van der Waals surface area contributed by atoms with Gasteiger partial charge in [-0.05, 0) is 37.6 Å². The highest BCUT2D eigenvalue weighted by Crippen LogP contribution is 2.29. The molecule has 4 nitrogen and oxygen atoms in total. The number of hydrogen-bond donors (Lipinski definition) is 1. The van der Waals surface area contributed by atoms with E-state index in [2.05, 4.69) is 54.8 Å². The topological polar surface area (TPSA) is 41.1 Å². The van der Waals surface area contributed by atoms with E-state index in [1.807, 2.05) is 12.4 Å². The lowest BCUT2D eigenvalue weighted by Crippen LogP contribution is -2.46. The molecule has 21 heavy (non-hydrogen) atoms. The summed E-state index contributed by atoms with van der Waals surface area (Å²) in [5.41, 5.74) is 1.02. The first kappa shape index (κ1) is 16.2. The Hall–Kier alpha value is -1.16. The van der Waals surface area contributed by atoms with Gasteiger partial charge in [-0.15, -0.1) is 0 Å². The highest BCUT2D eigenvalue weighted by molar-refractivity contribution is 5.38. The number of anilines is 1. The first-order chi connectivity index (χ1) is 9.97. The number of piperidine rings is 1. The van der Waals surface area contributed by atoms with Crippen LogP contribution in [-0.2, 0) is 6.54 Å². The summed E-state index contributed by atoms with van der Waals surface area (Å²) in [7, 11) is 0. The molecule has 1 aliphatic rings. The maximum absolute atomic E-state index is 4.64. The average molecular weight is 290 g/mol. The molecule has 0 amide bonds. The molecule has 3 unspecified atom stereocenters. The Morgan fingerprint density at radius 2 is 2.00 bits per heavy atom. The standard InChI is InChI=1S/C17H30N4/c1-12(2)7-18-8-16-9-20-17(10-19-16)21-11-13(3)6-14(4)15(21)5/h9-10,12-15,18H,6-8,11H2,1-5H3. The molecule has 2 heterocycles. The Kier molecular flexibility index (Phi) is 5.57. The van der Waals surface area contributed by atoms with Gasteiger partial charge < -0.3 is 10.2 Å². The minimum Gasteiger partial charge on any atom is -0.352 e. The second-order valence-corrected chi connectivity index (χ2v) is 7.10. The predicted molar refractivity (Wildman–Crippen MR) is 88.3 cm³/mol. The zero-order valence-electron chi connectivity index (χ0n) is 14.1. The summed E-state index contributed by atoms with van der Waals surface area (Å²) in [4.78, 5) is 11.6. The molecule has 1 aromatic heterocycles. The fourth-order valence-corrected chi connectivity index (χ4v) is 3.09. The molecule has 4 heteroatoms. The highest BCUT2D eigenvalue weighted by atomic mass is 15.2. The summed E-state index contributed by atoms with van der Waals surface area (Å²) in [5.74, 6) is 3.12. The molecule has 0 aromatic carbocycles. The lowest BCUT2D eigenvalue weighted by Gasteiger charge is -2.41. The fraction of sp³-hybridized carbons (Fsp3) is 0.765. The largest absolute Gasteiger partial charge is 0.352 e. The van der Waals surface area contributed by atoms with Crippen LogP contribution in [0.4, 0.5) is 5.82 Å². The first-order valence-corrected chi connectivity index (χ1v) is 8.25. The van der Waals surface area contributed by atoms with E-state index in [4.69, 9.17) is 0 Å². The van der Waals surface area contributed by atoms with Gasteiger partial charge in [0, 0.05) is 19.1 Å². The van der Waals surface area contributed by atoms with E-state index in [-0.39, 0.29) is 0 Å². The monoisotopic (exact) mass is 290 g/mol. The summed E-state index contributed by atoms with van der Waals surface area (Å²) in [6.07, 6.45) is 5.16. The molecule has 1 N–H and O–H groups in total. The minimum absolute atomic E-state index is 0.542. The number of aromatic nitrogens is 2. The van der Waals surface area contributed by atoms with Crippen molar-refractivity contribution in [2.24, 2.45) is 17.8 Å². The van der Waals surface area contributed by atoms with Gasteiger partial charge in [0.25, 0.3) is 0 Å². The zero-order valence-corrected chi connectivity index (χ0v) is 14.1. The van der Waals surface area contributed by atoms with Crippen LogP contribution >= 0.6 is 0 Å². The number of nitrogens with one attached hydrogen (secondary N) is 1. The maximum Gasteiger partial charge on any atom is 0.147 e. The average Bonchev–Trinajstić information content (AvgIpc) is 2.43. The minimum atomic E-state index is 0.542. The van der Waals surface area contributed by atoms with E-state index < -0.39 is 0 Å². The molecule has 0 saturated carbocycles. The summed E-state index contributed by atoms with van der Waals surface area (Å²) in [6, 6.07) is 0.542. The van der Waals surface area contributed by atoms with Crippen molar-refractivity contribution in [2.75, 3.05) is 18.0 Å². The molecular weight excluding hydrogens is 260 g/mol. The third-order valence-corrected chi connectivity index (χ3v) is 4.44. The summed E-state index contributed by atoms with van der Waals surface area (Å²) in [6.45, 7) is 14.3. The van der Waals surface area contributed by atoms with E-state index in [0.29, 0.717) is 17.9 Å². The fourth-order valence-electron chi connectivity index (χ4n) is 3.09. The van der Waals surface area contributed by atoms with Crippen molar-refractivity contribution in [2.45, 2.75) is 53.6 Å².